The molecule has 3 aromatic rings. The van der Waals surface area contributed by atoms with E-state index in [1.54, 1.807) is 53.0 Å². The van der Waals surface area contributed by atoms with Crippen LogP contribution in [0.5, 0.6) is 5.75 Å². The molecule has 0 saturated carbocycles. The first-order chi connectivity index (χ1) is 13.5. The number of aryl methyl sites for hydroxylation is 1. The lowest BCUT2D eigenvalue weighted by molar-refractivity contribution is 0.411. The number of hydrogen-bond acceptors (Lipinski definition) is 5. The zero-order valence-electron chi connectivity index (χ0n) is 16.3. The highest BCUT2D eigenvalue weighted by Crippen LogP contribution is 2.38. The topological polar surface area (TPSA) is 44.1 Å². The minimum atomic E-state index is -0.0174. The van der Waals surface area contributed by atoms with Gasteiger partial charge in [-0.2, -0.15) is 0 Å². The van der Waals surface area contributed by atoms with Crippen LogP contribution in [0.3, 0.4) is 0 Å². The van der Waals surface area contributed by atoms with E-state index >= 15 is 0 Å². The molecule has 4 nitrogen and oxygen atoms in total. The fourth-order valence-corrected chi connectivity index (χ4v) is 6.16. The summed E-state index contributed by atoms with van der Waals surface area (Å²) in [5.41, 5.74) is 1.82. The molecule has 1 aliphatic carbocycles. The third-order valence-electron chi connectivity index (χ3n) is 5.12. The van der Waals surface area contributed by atoms with Crippen LogP contribution in [0.25, 0.3) is 15.9 Å². The number of rotatable bonds is 5. The van der Waals surface area contributed by atoms with Gasteiger partial charge in [-0.05, 0) is 55.4 Å². The maximum atomic E-state index is 13.7. The van der Waals surface area contributed by atoms with Crippen LogP contribution in [0.1, 0.15) is 37.1 Å². The molecule has 148 valence electrons. The quantitative estimate of drug-likeness (QED) is 0.379. The van der Waals surface area contributed by atoms with Gasteiger partial charge in [-0.3, -0.25) is 9.36 Å². The smallest absolute Gasteiger partial charge is 0.267 e. The molecule has 0 bridgehead atoms. The Morgan fingerprint density at radius 1 is 1.43 bits per heavy atom. The molecule has 28 heavy (non-hydrogen) atoms. The summed E-state index contributed by atoms with van der Waals surface area (Å²) in [6.07, 6.45) is 4.10. The van der Waals surface area contributed by atoms with Crippen LogP contribution in [0.4, 0.5) is 0 Å². The number of thioether (sulfide) groups is 1. The number of hydrogen-bond donors (Lipinski definition) is 0. The summed E-state index contributed by atoms with van der Waals surface area (Å²) in [5.74, 6) is 2.16. The van der Waals surface area contributed by atoms with Gasteiger partial charge in [-0.25, -0.2) is 4.98 Å². The van der Waals surface area contributed by atoms with Gasteiger partial charge in [0.15, 0.2) is 5.16 Å². The SMILES string of the molecule is CCCSc1nc2sc3c(c2c(=O)n1-c1cc(Cl)ccc1OC)CCC(C)C3. The lowest BCUT2D eigenvalue weighted by Gasteiger charge is -2.18. The average molecular weight is 435 g/mol. The van der Waals surface area contributed by atoms with E-state index in [0.29, 0.717) is 27.5 Å². The molecule has 0 N–H and O–H groups in total. The van der Waals surface area contributed by atoms with Gasteiger partial charge >= 0.3 is 0 Å². The summed E-state index contributed by atoms with van der Waals surface area (Å²) in [6, 6.07) is 5.35. The highest BCUT2D eigenvalue weighted by atomic mass is 35.5. The average Bonchev–Trinajstić information content (AvgIpc) is 3.03. The predicted octanol–water partition coefficient (Wildman–Crippen LogP) is 5.74. The normalized spacial score (nSPS) is 16.4. The van der Waals surface area contributed by atoms with Gasteiger partial charge in [-0.15, -0.1) is 11.3 Å². The second-order valence-electron chi connectivity index (χ2n) is 7.23. The number of halogens is 1. The lowest BCUT2D eigenvalue weighted by Crippen LogP contribution is -2.23. The highest BCUT2D eigenvalue weighted by Gasteiger charge is 2.26. The lowest BCUT2D eigenvalue weighted by atomic mass is 9.89. The minimum Gasteiger partial charge on any atom is -0.495 e. The van der Waals surface area contributed by atoms with Crippen molar-refractivity contribution in [3.05, 3.63) is 44.0 Å². The van der Waals surface area contributed by atoms with E-state index < -0.39 is 0 Å². The Morgan fingerprint density at radius 2 is 2.25 bits per heavy atom. The van der Waals surface area contributed by atoms with Gasteiger partial charge in [0.05, 0.1) is 18.2 Å². The van der Waals surface area contributed by atoms with Crippen molar-refractivity contribution in [1.29, 1.82) is 0 Å². The van der Waals surface area contributed by atoms with E-state index in [0.717, 1.165) is 41.7 Å². The van der Waals surface area contributed by atoms with Crippen molar-refractivity contribution in [2.45, 2.75) is 44.7 Å². The van der Waals surface area contributed by atoms with Gasteiger partial charge < -0.3 is 4.74 Å². The number of thiophene rings is 1. The Hall–Kier alpha value is -1.50. The fraction of sp³-hybridized carbons (Fsp3) is 0.429. The van der Waals surface area contributed by atoms with Gasteiger partial charge in [-0.1, -0.05) is 37.2 Å². The Bertz CT molecular complexity index is 1090. The molecule has 4 rings (SSSR count). The van der Waals surface area contributed by atoms with E-state index in [1.165, 1.54) is 10.4 Å². The molecule has 0 aliphatic heterocycles. The molecule has 0 amide bonds. The van der Waals surface area contributed by atoms with E-state index in [2.05, 4.69) is 13.8 Å². The molecule has 2 aromatic heterocycles. The van der Waals surface area contributed by atoms with Crippen molar-refractivity contribution in [2.75, 3.05) is 12.9 Å². The van der Waals surface area contributed by atoms with Crippen LogP contribution < -0.4 is 10.3 Å². The zero-order chi connectivity index (χ0) is 19.8. The molecular weight excluding hydrogens is 412 g/mol. The van der Waals surface area contributed by atoms with Crippen molar-refractivity contribution >= 4 is 44.9 Å². The Morgan fingerprint density at radius 3 is 3.00 bits per heavy atom. The number of fused-ring (bicyclic) bond motifs is 3. The van der Waals surface area contributed by atoms with Gasteiger partial charge in [0, 0.05) is 15.7 Å². The van der Waals surface area contributed by atoms with Gasteiger partial charge in [0.2, 0.25) is 0 Å². The molecule has 0 spiro atoms. The molecule has 1 unspecified atom stereocenters. The summed E-state index contributed by atoms with van der Waals surface area (Å²) in [6.45, 7) is 4.40. The monoisotopic (exact) mass is 434 g/mol. The number of nitrogens with zero attached hydrogens (tertiary/aromatic N) is 2. The van der Waals surface area contributed by atoms with Crippen molar-refractivity contribution in [1.82, 2.24) is 9.55 Å². The molecule has 1 aromatic carbocycles. The van der Waals surface area contributed by atoms with E-state index in [4.69, 9.17) is 21.3 Å². The van der Waals surface area contributed by atoms with E-state index in [9.17, 15) is 4.79 Å². The summed E-state index contributed by atoms with van der Waals surface area (Å²) in [5, 5.41) is 2.04. The maximum absolute atomic E-state index is 13.7. The molecule has 0 radical (unpaired) electrons. The van der Waals surface area contributed by atoms with Crippen molar-refractivity contribution in [3.63, 3.8) is 0 Å². The standard InChI is InChI=1S/C21H23ClN2O2S2/c1-4-9-27-21-23-19-18(14-7-5-12(2)10-17(14)28-19)20(25)24(21)15-11-13(22)6-8-16(15)26-3/h6,8,11-12H,4-5,7,9-10H2,1-3H3. The molecule has 1 atom stereocenters. The third-order valence-corrected chi connectivity index (χ3v) is 7.64. The zero-order valence-corrected chi connectivity index (χ0v) is 18.6. The minimum absolute atomic E-state index is 0.0174. The first kappa shape index (κ1) is 19.8. The number of ether oxygens (including phenoxy) is 1. The number of aromatic nitrogens is 2. The van der Waals surface area contributed by atoms with Crippen LogP contribution in [0.15, 0.2) is 28.2 Å². The second kappa shape index (κ2) is 8.09. The summed E-state index contributed by atoms with van der Waals surface area (Å²) in [4.78, 5) is 20.8. The Balaban J connectivity index is 2.02. The molecular formula is C21H23ClN2O2S2. The van der Waals surface area contributed by atoms with Crippen molar-refractivity contribution in [2.24, 2.45) is 5.92 Å². The van der Waals surface area contributed by atoms with E-state index in [1.807, 2.05) is 0 Å². The predicted molar refractivity (Wildman–Crippen MR) is 119 cm³/mol. The number of benzene rings is 1. The summed E-state index contributed by atoms with van der Waals surface area (Å²) in [7, 11) is 1.61. The first-order valence-electron chi connectivity index (χ1n) is 9.57. The summed E-state index contributed by atoms with van der Waals surface area (Å²) >= 11 is 9.55. The van der Waals surface area contributed by atoms with Crippen LogP contribution in [0, 0.1) is 5.92 Å². The van der Waals surface area contributed by atoms with Gasteiger partial charge in [0.1, 0.15) is 10.6 Å². The first-order valence-corrected chi connectivity index (χ1v) is 11.8. The van der Waals surface area contributed by atoms with Crippen LogP contribution in [-0.2, 0) is 12.8 Å². The second-order valence-corrected chi connectivity index (χ2v) is 9.81. The van der Waals surface area contributed by atoms with E-state index in [-0.39, 0.29) is 5.56 Å². The Labute approximate surface area is 177 Å². The molecule has 0 saturated heterocycles. The summed E-state index contributed by atoms with van der Waals surface area (Å²) < 4.78 is 7.23. The number of methoxy groups -OCH3 is 1. The maximum Gasteiger partial charge on any atom is 0.267 e. The fourth-order valence-electron chi connectivity index (χ4n) is 3.71. The Kier molecular flexibility index (Phi) is 5.72. The largest absolute Gasteiger partial charge is 0.495 e. The van der Waals surface area contributed by atoms with Crippen LogP contribution in [-0.4, -0.2) is 22.4 Å². The van der Waals surface area contributed by atoms with Crippen LogP contribution >= 0.6 is 34.7 Å². The molecule has 2 heterocycles. The highest BCUT2D eigenvalue weighted by molar-refractivity contribution is 7.99. The van der Waals surface area contributed by atoms with Crippen LogP contribution in [0.2, 0.25) is 5.02 Å². The van der Waals surface area contributed by atoms with Crippen molar-refractivity contribution < 1.29 is 4.74 Å². The third kappa shape index (κ3) is 3.46. The molecule has 7 heteroatoms. The van der Waals surface area contributed by atoms with Crippen molar-refractivity contribution in [3.8, 4) is 11.4 Å². The van der Waals surface area contributed by atoms with Gasteiger partial charge in [0.25, 0.3) is 5.56 Å². The molecule has 0 fully saturated rings. The molecule has 1 aliphatic rings.